The van der Waals surface area contributed by atoms with E-state index in [1.54, 1.807) is 24.3 Å². The fourth-order valence-electron chi connectivity index (χ4n) is 2.53. The van der Waals surface area contributed by atoms with Crippen molar-refractivity contribution in [2.75, 3.05) is 18.5 Å². The van der Waals surface area contributed by atoms with Crippen LogP contribution < -0.4 is 10.6 Å². The second-order valence-electron chi connectivity index (χ2n) is 6.35. The summed E-state index contributed by atoms with van der Waals surface area (Å²) in [6.45, 7) is 2.92. The molecular formula is C23H25N3O3. The number of hydrogen-bond donors (Lipinski definition) is 2. The van der Waals surface area contributed by atoms with Crippen LogP contribution in [0.3, 0.4) is 0 Å². The highest BCUT2D eigenvalue weighted by Gasteiger charge is 2.16. The van der Waals surface area contributed by atoms with Crippen LogP contribution in [-0.4, -0.2) is 25.0 Å². The third-order valence-electron chi connectivity index (χ3n) is 4.14. The Bertz CT molecular complexity index is 886. The second kappa shape index (κ2) is 12.0. The standard InChI is InChI=1S/C23H25N3O3/c1-2-3-15-29-23(28)20-11-7-8-12-21(20)26-22(27)19(16-24)17-25-14-13-18-9-5-4-6-10-18/h4-12,17,25H,2-3,13-15H2,1H3,(H,26,27)/b19-17-. The topological polar surface area (TPSA) is 91.2 Å². The summed E-state index contributed by atoms with van der Waals surface area (Å²) in [5, 5.41) is 14.9. The normalized spacial score (nSPS) is 10.7. The molecule has 0 fully saturated rings. The first-order valence-electron chi connectivity index (χ1n) is 9.60. The van der Waals surface area contributed by atoms with Crippen molar-refractivity contribution >= 4 is 17.6 Å². The predicted octanol–water partition coefficient (Wildman–Crippen LogP) is 3.82. The smallest absolute Gasteiger partial charge is 0.340 e. The molecule has 0 bridgehead atoms. The number of unbranched alkanes of at least 4 members (excludes halogenated alkanes) is 1. The minimum Gasteiger partial charge on any atom is -0.462 e. The maximum Gasteiger partial charge on any atom is 0.340 e. The number of anilines is 1. The quantitative estimate of drug-likeness (QED) is 0.278. The van der Waals surface area contributed by atoms with E-state index in [1.807, 2.05) is 43.3 Å². The van der Waals surface area contributed by atoms with Crippen molar-refractivity contribution in [1.82, 2.24) is 5.32 Å². The van der Waals surface area contributed by atoms with E-state index in [2.05, 4.69) is 10.6 Å². The minimum atomic E-state index is -0.589. The summed E-state index contributed by atoms with van der Waals surface area (Å²) in [7, 11) is 0. The zero-order chi connectivity index (χ0) is 20.9. The summed E-state index contributed by atoms with van der Waals surface area (Å²) in [5.41, 5.74) is 1.65. The van der Waals surface area contributed by atoms with Gasteiger partial charge in [-0.1, -0.05) is 55.8 Å². The van der Waals surface area contributed by atoms with Crippen LogP contribution in [0.15, 0.2) is 66.4 Å². The van der Waals surface area contributed by atoms with Crippen LogP contribution in [0.2, 0.25) is 0 Å². The van der Waals surface area contributed by atoms with Crippen molar-refractivity contribution in [2.45, 2.75) is 26.2 Å². The molecule has 2 N–H and O–H groups in total. The summed E-state index contributed by atoms with van der Waals surface area (Å²) in [5.74, 6) is -1.09. The number of amides is 1. The fraction of sp³-hybridized carbons (Fsp3) is 0.261. The van der Waals surface area contributed by atoms with Gasteiger partial charge in [-0.05, 0) is 30.5 Å². The van der Waals surface area contributed by atoms with E-state index in [4.69, 9.17) is 4.74 Å². The molecule has 0 radical (unpaired) electrons. The molecule has 0 atom stereocenters. The van der Waals surface area contributed by atoms with Gasteiger partial charge in [0.15, 0.2) is 0 Å². The fourth-order valence-corrected chi connectivity index (χ4v) is 2.53. The molecule has 0 saturated carbocycles. The molecule has 6 heteroatoms. The Morgan fingerprint density at radius 2 is 1.83 bits per heavy atom. The molecule has 150 valence electrons. The number of carbonyl (C=O) groups excluding carboxylic acids is 2. The van der Waals surface area contributed by atoms with E-state index in [1.165, 1.54) is 6.20 Å². The number of nitriles is 1. The maximum absolute atomic E-state index is 12.4. The maximum atomic E-state index is 12.4. The number of benzene rings is 2. The van der Waals surface area contributed by atoms with E-state index >= 15 is 0 Å². The van der Waals surface area contributed by atoms with Gasteiger partial charge in [-0.3, -0.25) is 4.79 Å². The molecule has 0 aliphatic rings. The molecule has 1 amide bonds. The molecule has 2 rings (SSSR count). The molecule has 0 heterocycles. The van der Waals surface area contributed by atoms with Crippen molar-refractivity contribution in [3.63, 3.8) is 0 Å². The van der Waals surface area contributed by atoms with Crippen LogP contribution in [-0.2, 0) is 16.0 Å². The van der Waals surface area contributed by atoms with Gasteiger partial charge < -0.3 is 15.4 Å². The zero-order valence-corrected chi connectivity index (χ0v) is 16.5. The minimum absolute atomic E-state index is 0.0767. The van der Waals surface area contributed by atoms with Crippen LogP contribution in [0, 0.1) is 11.3 Å². The van der Waals surface area contributed by atoms with Crippen LogP contribution in [0.1, 0.15) is 35.7 Å². The summed E-state index contributed by atoms with van der Waals surface area (Å²) in [6.07, 6.45) is 3.85. The van der Waals surface area contributed by atoms with Crippen LogP contribution >= 0.6 is 0 Å². The zero-order valence-electron chi connectivity index (χ0n) is 16.5. The van der Waals surface area contributed by atoms with Gasteiger partial charge in [0.2, 0.25) is 0 Å². The number of esters is 1. The SMILES string of the molecule is CCCCOC(=O)c1ccccc1NC(=O)/C(C#N)=C\NCCc1ccccc1. The third kappa shape index (κ3) is 7.15. The Morgan fingerprint density at radius 3 is 2.55 bits per heavy atom. The predicted molar refractivity (Wildman–Crippen MR) is 112 cm³/mol. The van der Waals surface area contributed by atoms with E-state index < -0.39 is 11.9 Å². The van der Waals surface area contributed by atoms with Crippen molar-refractivity contribution in [3.8, 4) is 6.07 Å². The number of para-hydroxylation sites is 1. The molecule has 29 heavy (non-hydrogen) atoms. The van der Waals surface area contributed by atoms with Gasteiger partial charge in [-0.25, -0.2) is 4.79 Å². The Labute approximate surface area is 171 Å². The van der Waals surface area contributed by atoms with Gasteiger partial charge in [0, 0.05) is 12.7 Å². The Morgan fingerprint density at radius 1 is 1.10 bits per heavy atom. The summed E-state index contributed by atoms with van der Waals surface area (Å²) < 4.78 is 5.22. The third-order valence-corrected chi connectivity index (χ3v) is 4.14. The highest BCUT2D eigenvalue weighted by Crippen LogP contribution is 2.17. The molecule has 0 aliphatic heterocycles. The lowest BCUT2D eigenvalue weighted by molar-refractivity contribution is -0.112. The Balaban J connectivity index is 1.96. The lowest BCUT2D eigenvalue weighted by Crippen LogP contribution is -2.19. The number of ether oxygens (including phenoxy) is 1. The lowest BCUT2D eigenvalue weighted by atomic mass is 10.1. The van der Waals surface area contributed by atoms with Gasteiger partial charge in [-0.2, -0.15) is 5.26 Å². The van der Waals surface area contributed by atoms with Gasteiger partial charge in [0.05, 0.1) is 17.9 Å². The van der Waals surface area contributed by atoms with Crippen molar-refractivity contribution in [2.24, 2.45) is 0 Å². The second-order valence-corrected chi connectivity index (χ2v) is 6.35. The average Bonchev–Trinajstić information content (AvgIpc) is 2.75. The molecular weight excluding hydrogens is 366 g/mol. The van der Waals surface area contributed by atoms with Gasteiger partial charge >= 0.3 is 5.97 Å². The first-order chi connectivity index (χ1) is 14.2. The van der Waals surface area contributed by atoms with Crippen molar-refractivity contribution < 1.29 is 14.3 Å². The largest absolute Gasteiger partial charge is 0.462 e. The number of hydrogen-bond acceptors (Lipinski definition) is 5. The number of nitrogens with one attached hydrogen (secondary N) is 2. The average molecular weight is 391 g/mol. The highest BCUT2D eigenvalue weighted by atomic mass is 16.5. The van der Waals surface area contributed by atoms with E-state index in [-0.39, 0.29) is 11.1 Å². The number of nitrogens with zero attached hydrogens (tertiary/aromatic N) is 1. The summed E-state index contributed by atoms with van der Waals surface area (Å²) >= 11 is 0. The highest BCUT2D eigenvalue weighted by molar-refractivity contribution is 6.09. The summed E-state index contributed by atoms with van der Waals surface area (Å²) in [4.78, 5) is 24.7. The molecule has 0 aromatic heterocycles. The van der Waals surface area contributed by atoms with Crippen LogP contribution in [0.4, 0.5) is 5.69 Å². The molecule has 2 aromatic rings. The van der Waals surface area contributed by atoms with Crippen molar-refractivity contribution in [3.05, 3.63) is 77.5 Å². The lowest BCUT2D eigenvalue weighted by Gasteiger charge is -2.10. The molecule has 0 unspecified atom stereocenters. The molecule has 0 aliphatic carbocycles. The van der Waals surface area contributed by atoms with Crippen molar-refractivity contribution in [1.29, 1.82) is 5.26 Å². The first kappa shape index (κ1) is 21.7. The van der Waals surface area contributed by atoms with Gasteiger partial charge in [0.25, 0.3) is 5.91 Å². The van der Waals surface area contributed by atoms with E-state index in [0.29, 0.717) is 18.8 Å². The molecule has 2 aromatic carbocycles. The van der Waals surface area contributed by atoms with Crippen LogP contribution in [0.5, 0.6) is 0 Å². The Kier molecular flexibility index (Phi) is 8.97. The van der Waals surface area contributed by atoms with E-state index in [0.717, 1.165) is 24.8 Å². The van der Waals surface area contributed by atoms with Crippen LogP contribution in [0.25, 0.3) is 0 Å². The Hall–Kier alpha value is -3.59. The monoisotopic (exact) mass is 391 g/mol. The molecule has 6 nitrogen and oxygen atoms in total. The van der Waals surface area contributed by atoms with Gasteiger partial charge in [0.1, 0.15) is 11.6 Å². The molecule has 0 saturated heterocycles. The first-order valence-corrected chi connectivity index (χ1v) is 9.60. The van der Waals surface area contributed by atoms with E-state index in [9.17, 15) is 14.9 Å². The van der Waals surface area contributed by atoms with Gasteiger partial charge in [-0.15, -0.1) is 0 Å². The summed E-state index contributed by atoms with van der Waals surface area (Å²) in [6, 6.07) is 18.4. The number of rotatable bonds is 10. The number of carbonyl (C=O) groups is 2. The molecule has 0 spiro atoms.